The fourth-order valence-electron chi connectivity index (χ4n) is 1.87. The van der Waals surface area contributed by atoms with Gasteiger partial charge in [-0.05, 0) is 36.4 Å². The van der Waals surface area contributed by atoms with Gasteiger partial charge in [-0.1, -0.05) is 17.7 Å². The molecule has 0 saturated heterocycles. The molecule has 0 radical (unpaired) electrons. The van der Waals surface area contributed by atoms with Crippen LogP contribution in [-0.4, -0.2) is 33.3 Å². The van der Waals surface area contributed by atoms with E-state index < -0.39 is 21.7 Å². The third-order valence-electron chi connectivity index (χ3n) is 2.97. The summed E-state index contributed by atoms with van der Waals surface area (Å²) in [7, 11) is -0.967. The first kappa shape index (κ1) is 17.2. The van der Waals surface area contributed by atoms with Gasteiger partial charge in [0.2, 0.25) is 0 Å². The van der Waals surface area contributed by atoms with Crippen molar-refractivity contribution in [2.45, 2.75) is 4.90 Å². The zero-order valence-electron chi connectivity index (χ0n) is 12.4. The smallest absolute Gasteiger partial charge is 0.262 e. The van der Waals surface area contributed by atoms with E-state index in [1.165, 1.54) is 35.2 Å². The zero-order valence-corrected chi connectivity index (χ0v) is 14.0. The van der Waals surface area contributed by atoms with Crippen molar-refractivity contribution in [1.29, 1.82) is 0 Å². The van der Waals surface area contributed by atoms with Gasteiger partial charge < -0.3 is 4.90 Å². The molecule has 1 N–H and O–H groups in total. The van der Waals surface area contributed by atoms with E-state index in [0.29, 0.717) is 0 Å². The molecular weight excluding hydrogens is 343 g/mol. The summed E-state index contributed by atoms with van der Waals surface area (Å²) in [6.45, 7) is 0. The third-order valence-corrected chi connectivity index (χ3v) is 4.57. The van der Waals surface area contributed by atoms with Crippen LogP contribution in [0.1, 0.15) is 10.4 Å². The maximum absolute atomic E-state index is 13.2. The summed E-state index contributed by atoms with van der Waals surface area (Å²) in [6, 6.07) is 8.80. The molecule has 2 rings (SSSR count). The Morgan fingerprint density at radius 3 is 2.48 bits per heavy atom. The molecule has 0 unspecified atom stereocenters. The fraction of sp³-hybridized carbons (Fsp3) is 0.133. The van der Waals surface area contributed by atoms with E-state index in [9.17, 15) is 17.6 Å². The van der Waals surface area contributed by atoms with Gasteiger partial charge in [0.25, 0.3) is 15.9 Å². The van der Waals surface area contributed by atoms with Crippen molar-refractivity contribution in [2.24, 2.45) is 0 Å². The number of halogens is 2. The number of amides is 1. The van der Waals surface area contributed by atoms with Crippen molar-refractivity contribution in [3.05, 3.63) is 58.9 Å². The Hall–Kier alpha value is -2.12. The van der Waals surface area contributed by atoms with Gasteiger partial charge in [0.15, 0.2) is 0 Å². The number of sulfonamides is 1. The highest BCUT2D eigenvalue weighted by molar-refractivity contribution is 7.92. The van der Waals surface area contributed by atoms with Crippen LogP contribution in [0.5, 0.6) is 0 Å². The van der Waals surface area contributed by atoms with Crippen LogP contribution in [0.3, 0.4) is 0 Å². The largest absolute Gasteiger partial charge is 0.345 e. The Bertz CT molecular complexity index is 854. The monoisotopic (exact) mass is 356 g/mol. The molecule has 1 amide bonds. The average Bonchev–Trinajstić information content (AvgIpc) is 2.46. The molecule has 0 heterocycles. The Morgan fingerprint density at radius 2 is 1.87 bits per heavy atom. The molecule has 23 heavy (non-hydrogen) atoms. The fourth-order valence-corrected chi connectivity index (χ4v) is 3.14. The van der Waals surface area contributed by atoms with E-state index in [1.807, 2.05) is 0 Å². The van der Waals surface area contributed by atoms with Crippen LogP contribution >= 0.6 is 11.6 Å². The molecule has 0 bridgehead atoms. The predicted molar refractivity (Wildman–Crippen MR) is 86.7 cm³/mol. The molecule has 0 fully saturated rings. The van der Waals surface area contributed by atoms with Crippen LogP contribution in [0.2, 0.25) is 5.02 Å². The molecule has 2 aromatic carbocycles. The van der Waals surface area contributed by atoms with Gasteiger partial charge >= 0.3 is 0 Å². The predicted octanol–water partition coefficient (Wildman–Crippen LogP) is 2.98. The second-order valence-electron chi connectivity index (χ2n) is 4.95. The van der Waals surface area contributed by atoms with Crippen molar-refractivity contribution < 1.29 is 17.6 Å². The minimum absolute atomic E-state index is 0.0282. The van der Waals surface area contributed by atoms with Crippen LogP contribution < -0.4 is 4.72 Å². The van der Waals surface area contributed by atoms with E-state index in [0.717, 1.165) is 12.1 Å². The molecule has 0 spiro atoms. The second kappa shape index (κ2) is 6.55. The molecule has 0 aliphatic carbocycles. The molecule has 0 saturated carbocycles. The number of carbonyl (C=O) groups is 1. The van der Waals surface area contributed by atoms with Crippen molar-refractivity contribution >= 4 is 33.2 Å². The highest BCUT2D eigenvalue weighted by atomic mass is 35.5. The van der Waals surface area contributed by atoms with Gasteiger partial charge in [0.1, 0.15) is 5.82 Å². The van der Waals surface area contributed by atoms with Crippen LogP contribution in [-0.2, 0) is 10.0 Å². The summed E-state index contributed by atoms with van der Waals surface area (Å²) in [5, 5.41) is 0.261. The van der Waals surface area contributed by atoms with Gasteiger partial charge in [-0.15, -0.1) is 0 Å². The molecule has 122 valence electrons. The molecule has 0 aliphatic heterocycles. The summed E-state index contributed by atoms with van der Waals surface area (Å²) < 4.78 is 40.2. The first-order valence-corrected chi connectivity index (χ1v) is 8.36. The summed E-state index contributed by atoms with van der Waals surface area (Å²) in [5.74, 6) is -1.07. The highest BCUT2D eigenvalue weighted by Gasteiger charge is 2.20. The van der Waals surface area contributed by atoms with Crippen LogP contribution in [0.25, 0.3) is 0 Å². The summed E-state index contributed by atoms with van der Waals surface area (Å²) in [5.41, 5.74) is 0.167. The maximum Gasteiger partial charge on any atom is 0.262 e. The van der Waals surface area contributed by atoms with E-state index in [-0.39, 0.29) is 21.2 Å². The van der Waals surface area contributed by atoms with Crippen LogP contribution in [0.4, 0.5) is 10.1 Å². The lowest BCUT2D eigenvalue weighted by Gasteiger charge is -2.16. The zero-order chi connectivity index (χ0) is 17.2. The number of hydrogen-bond donors (Lipinski definition) is 1. The number of nitrogens with one attached hydrogen (secondary N) is 1. The summed E-state index contributed by atoms with van der Waals surface area (Å²) in [4.78, 5) is 13.2. The van der Waals surface area contributed by atoms with Gasteiger partial charge in [-0.3, -0.25) is 9.52 Å². The van der Waals surface area contributed by atoms with E-state index >= 15 is 0 Å². The Labute approximate surface area is 138 Å². The van der Waals surface area contributed by atoms with Gasteiger partial charge in [0.05, 0.1) is 16.1 Å². The number of carbonyl (C=O) groups excluding carboxylic acids is 1. The van der Waals surface area contributed by atoms with Gasteiger partial charge in [-0.2, -0.15) is 0 Å². The van der Waals surface area contributed by atoms with Crippen molar-refractivity contribution in [1.82, 2.24) is 4.90 Å². The minimum Gasteiger partial charge on any atom is -0.345 e. The molecule has 5 nitrogen and oxygen atoms in total. The lowest BCUT2D eigenvalue weighted by Crippen LogP contribution is -2.24. The number of nitrogens with zero attached hydrogens (tertiary/aromatic N) is 1. The Morgan fingerprint density at radius 1 is 1.17 bits per heavy atom. The topological polar surface area (TPSA) is 66.5 Å². The quantitative estimate of drug-likeness (QED) is 0.915. The average molecular weight is 357 g/mol. The molecule has 0 aromatic heterocycles. The minimum atomic E-state index is -4.05. The highest BCUT2D eigenvalue weighted by Crippen LogP contribution is 2.25. The molecule has 2 aromatic rings. The normalized spacial score (nSPS) is 11.1. The van der Waals surface area contributed by atoms with Crippen molar-refractivity contribution in [2.75, 3.05) is 18.8 Å². The first-order chi connectivity index (χ1) is 10.7. The number of anilines is 1. The van der Waals surface area contributed by atoms with Gasteiger partial charge in [0, 0.05) is 19.1 Å². The summed E-state index contributed by atoms with van der Waals surface area (Å²) >= 11 is 5.88. The van der Waals surface area contributed by atoms with Gasteiger partial charge in [-0.25, -0.2) is 12.8 Å². The molecular formula is C15H14ClFN2O3S. The van der Waals surface area contributed by atoms with Crippen molar-refractivity contribution in [3.63, 3.8) is 0 Å². The Balaban J connectivity index is 2.47. The molecule has 8 heteroatoms. The summed E-state index contributed by atoms with van der Waals surface area (Å²) in [6.07, 6.45) is 0. The molecule has 0 aliphatic rings. The lowest BCUT2D eigenvalue weighted by atomic mass is 10.1. The second-order valence-corrected chi connectivity index (χ2v) is 7.07. The molecule has 0 atom stereocenters. The number of rotatable bonds is 4. The standard InChI is InChI=1S/C15H14ClFN2O3S/c1-19(2)15(20)13-7-6-10(16)8-14(13)18-23(21,22)12-5-3-4-11(17)9-12/h3-9,18H,1-2H3. The lowest BCUT2D eigenvalue weighted by molar-refractivity contribution is 0.0828. The maximum atomic E-state index is 13.2. The SMILES string of the molecule is CN(C)C(=O)c1ccc(Cl)cc1NS(=O)(=O)c1cccc(F)c1. The third kappa shape index (κ3) is 4.00. The number of hydrogen-bond acceptors (Lipinski definition) is 3. The van der Waals surface area contributed by atoms with E-state index in [2.05, 4.69) is 4.72 Å². The van der Waals surface area contributed by atoms with Crippen molar-refractivity contribution in [3.8, 4) is 0 Å². The van der Waals surface area contributed by atoms with E-state index in [4.69, 9.17) is 11.6 Å². The Kier molecular flexibility index (Phi) is 4.91. The first-order valence-electron chi connectivity index (χ1n) is 6.50. The van der Waals surface area contributed by atoms with Crippen LogP contribution in [0.15, 0.2) is 47.4 Å². The van der Waals surface area contributed by atoms with Crippen LogP contribution in [0, 0.1) is 5.82 Å². The number of benzene rings is 2. The van der Waals surface area contributed by atoms with E-state index in [1.54, 1.807) is 14.1 Å².